The summed E-state index contributed by atoms with van der Waals surface area (Å²) >= 11 is 1.58. The van der Waals surface area contributed by atoms with Gasteiger partial charge in [-0.3, -0.25) is 4.79 Å². The summed E-state index contributed by atoms with van der Waals surface area (Å²) in [7, 11) is 0. The zero-order chi connectivity index (χ0) is 28.4. The van der Waals surface area contributed by atoms with E-state index in [2.05, 4.69) is 57.3 Å². The van der Waals surface area contributed by atoms with Crippen molar-refractivity contribution in [2.24, 2.45) is 11.3 Å². The second kappa shape index (κ2) is 16.7. The van der Waals surface area contributed by atoms with Crippen LogP contribution in [-0.4, -0.2) is 53.9 Å². The number of benzene rings is 2. The number of rotatable bonds is 14. The minimum atomic E-state index is -0.993. The number of carbonyl (C=O) groups excluding carboxylic acids is 1. The Morgan fingerprint density at radius 3 is 2.40 bits per heavy atom. The molecule has 2 atom stereocenters. The molecule has 0 heterocycles. The molecule has 0 bridgehead atoms. The quantitative estimate of drug-likeness (QED) is 0.229. The topological polar surface area (TPSA) is 66.4 Å². The van der Waals surface area contributed by atoms with Crippen molar-refractivity contribution in [1.29, 1.82) is 0 Å². The van der Waals surface area contributed by atoms with Crippen LogP contribution in [0, 0.1) is 18.3 Å². The van der Waals surface area contributed by atoms with Crippen molar-refractivity contribution in [2.75, 3.05) is 12.0 Å². The Morgan fingerprint density at radius 1 is 1.07 bits per heavy atom. The van der Waals surface area contributed by atoms with Crippen LogP contribution in [0.2, 0.25) is 0 Å². The predicted octanol–water partition coefficient (Wildman–Crippen LogP) is 8.22. The van der Waals surface area contributed by atoms with E-state index in [1.807, 2.05) is 24.5 Å². The van der Waals surface area contributed by atoms with Gasteiger partial charge in [-0.25, -0.2) is 4.79 Å². The molecule has 0 radical (unpaired) electrons. The van der Waals surface area contributed by atoms with Gasteiger partial charge in [-0.05, 0) is 83.8 Å². The summed E-state index contributed by atoms with van der Waals surface area (Å²) in [4.78, 5) is 25.3. The van der Waals surface area contributed by atoms with Crippen molar-refractivity contribution < 1.29 is 14.7 Å². The molecular weight excluding hydrogens is 509 g/mol. The van der Waals surface area contributed by atoms with Gasteiger partial charge >= 0.3 is 24.8 Å². The van der Waals surface area contributed by atoms with Gasteiger partial charge in [0, 0.05) is 5.56 Å². The molecule has 40 heavy (non-hydrogen) atoms. The first-order valence-electron chi connectivity index (χ1n) is 14.9. The molecule has 0 spiro atoms. The Kier molecular flexibility index (Phi) is 14.4. The standard InChI is InChI=1S/C34H49NO3S.Li.H/c1-6-30(34(3,4)21-12-16-25-14-8-7-9-15-25)26-18-19-28(29(23-26)27-17-11-10-13-24(27)2)32(36)35-31(33(37)38)20-22-39-5;;/h10-11,13,17-19,23,25,30-31H,6-9,12,14-16,20-22H2,1-5H3,(H,35,36)(H,37,38);;/t30?,31-;;/m0../s1. The van der Waals surface area contributed by atoms with Gasteiger partial charge in [0.25, 0.3) is 5.91 Å². The number of aryl methyl sites for hydroxylation is 1. The van der Waals surface area contributed by atoms with Crippen molar-refractivity contribution >= 4 is 42.5 Å². The molecule has 2 N–H and O–H groups in total. The van der Waals surface area contributed by atoms with E-state index in [1.54, 1.807) is 11.8 Å². The van der Waals surface area contributed by atoms with Crippen molar-refractivity contribution in [3.63, 3.8) is 0 Å². The van der Waals surface area contributed by atoms with Gasteiger partial charge in [0.2, 0.25) is 0 Å². The van der Waals surface area contributed by atoms with Crippen LogP contribution in [0.25, 0.3) is 11.1 Å². The zero-order valence-electron chi connectivity index (χ0n) is 24.7. The molecule has 4 nitrogen and oxygen atoms in total. The molecule has 6 heteroatoms. The Morgan fingerprint density at radius 2 is 1.77 bits per heavy atom. The number of carboxylic acid groups (broad SMARTS) is 1. The number of thioether (sulfide) groups is 1. The van der Waals surface area contributed by atoms with Gasteiger partial charge in [-0.2, -0.15) is 11.8 Å². The Hall–Kier alpha value is -1.67. The van der Waals surface area contributed by atoms with Crippen LogP contribution >= 0.6 is 11.8 Å². The summed E-state index contributed by atoms with van der Waals surface area (Å²) < 4.78 is 0. The van der Waals surface area contributed by atoms with Crippen LogP contribution in [-0.2, 0) is 4.79 Å². The number of carboxylic acids is 1. The van der Waals surface area contributed by atoms with E-state index in [1.165, 1.54) is 56.9 Å². The number of amides is 1. The third-order valence-electron chi connectivity index (χ3n) is 8.85. The maximum atomic E-state index is 13.5. The molecule has 0 aromatic heterocycles. The van der Waals surface area contributed by atoms with Crippen molar-refractivity contribution in [1.82, 2.24) is 5.32 Å². The number of nitrogens with one attached hydrogen (secondary N) is 1. The van der Waals surface area contributed by atoms with Crippen molar-refractivity contribution in [3.05, 3.63) is 59.2 Å². The van der Waals surface area contributed by atoms with E-state index in [4.69, 9.17) is 0 Å². The zero-order valence-corrected chi connectivity index (χ0v) is 25.5. The molecule has 0 aliphatic heterocycles. The molecular formula is C34H50LiNO3S. The molecule has 0 saturated heterocycles. The Labute approximate surface area is 259 Å². The van der Waals surface area contributed by atoms with Gasteiger partial charge in [-0.15, -0.1) is 0 Å². The van der Waals surface area contributed by atoms with E-state index < -0.39 is 12.0 Å². The number of aliphatic carboxylic acids is 1. The van der Waals surface area contributed by atoms with Crippen LogP contribution in [0.5, 0.6) is 0 Å². The van der Waals surface area contributed by atoms with Crippen LogP contribution in [0.15, 0.2) is 42.5 Å². The summed E-state index contributed by atoms with van der Waals surface area (Å²) in [6.07, 6.45) is 14.2. The number of hydrogen-bond donors (Lipinski definition) is 2. The van der Waals surface area contributed by atoms with E-state index in [-0.39, 0.29) is 30.2 Å². The van der Waals surface area contributed by atoms with Gasteiger partial charge in [0.15, 0.2) is 0 Å². The fraction of sp³-hybridized carbons (Fsp3) is 0.588. The third-order valence-corrected chi connectivity index (χ3v) is 9.49. The summed E-state index contributed by atoms with van der Waals surface area (Å²) in [5.74, 6) is 0.637. The van der Waals surface area contributed by atoms with Crippen LogP contribution < -0.4 is 5.32 Å². The van der Waals surface area contributed by atoms with E-state index >= 15 is 0 Å². The molecule has 2 aromatic rings. The van der Waals surface area contributed by atoms with Crippen LogP contribution in [0.4, 0.5) is 0 Å². The molecule has 2 aromatic carbocycles. The SMILES string of the molecule is CCC(c1ccc(C(=O)N[C@@H](CCSC)C(=O)O)c(-c2ccccc2C)c1)C(C)(C)CCCC1CCCCC1.[LiH]. The molecule has 1 amide bonds. The van der Waals surface area contributed by atoms with E-state index in [0.29, 0.717) is 23.7 Å². The summed E-state index contributed by atoms with van der Waals surface area (Å²) in [5, 5.41) is 12.5. The first-order chi connectivity index (χ1) is 18.7. The molecule has 216 valence electrons. The first kappa shape index (κ1) is 34.5. The fourth-order valence-electron chi connectivity index (χ4n) is 6.54. The van der Waals surface area contributed by atoms with Crippen LogP contribution in [0.3, 0.4) is 0 Å². The Bertz CT molecular complexity index is 1100. The number of carbonyl (C=O) groups is 2. The molecule has 1 unspecified atom stereocenters. The van der Waals surface area contributed by atoms with Crippen LogP contribution in [0.1, 0.15) is 112 Å². The monoisotopic (exact) mass is 559 g/mol. The fourth-order valence-corrected chi connectivity index (χ4v) is 7.01. The second-order valence-electron chi connectivity index (χ2n) is 12.1. The van der Waals surface area contributed by atoms with Gasteiger partial charge in [0.1, 0.15) is 6.04 Å². The molecule has 1 aliphatic rings. The average Bonchev–Trinajstić information content (AvgIpc) is 2.91. The third kappa shape index (κ3) is 9.43. The predicted molar refractivity (Wildman–Crippen MR) is 173 cm³/mol. The average molecular weight is 560 g/mol. The molecule has 1 fully saturated rings. The van der Waals surface area contributed by atoms with E-state index in [9.17, 15) is 14.7 Å². The first-order valence-corrected chi connectivity index (χ1v) is 16.3. The molecule has 3 rings (SSSR count). The van der Waals surface area contributed by atoms with Crippen molar-refractivity contribution in [3.8, 4) is 11.1 Å². The summed E-state index contributed by atoms with van der Waals surface area (Å²) in [6, 6.07) is 13.5. The second-order valence-corrected chi connectivity index (χ2v) is 13.1. The number of hydrogen-bond acceptors (Lipinski definition) is 3. The summed E-state index contributed by atoms with van der Waals surface area (Å²) in [5.41, 5.74) is 4.93. The van der Waals surface area contributed by atoms with E-state index in [0.717, 1.165) is 29.0 Å². The Balaban J connectivity index is 0.00000560. The van der Waals surface area contributed by atoms with Crippen molar-refractivity contribution in [2.45, 2.75) is 104 Å². The normalized spacial score (nSPS) is 15.6. The molecule has 1 aliphatic carbocycles. The maximum absolute atomic E-state index is 13.5. The summed E-state index contributed by atoms with van der Waals surface area (Å²) in [6.45, 7) is 9.14. The van der Waals surface area contributed by atoms with Gasteiger partial charge in [-0.1, -0.05) is 102 Å². The minimum absolute atomic E-state index is 0. The van der Waals surface area contributed by atoms with Gasteiger partial charge in [0.05, 0.1) is 0 Å². The van der Waals surface area contributed by atoms with Gasteiger partial charge < -0.3 is 10.4 Å². The molecule has 1 saturated carbocycles.